The van der Waals surface area contributed by atoms with Crippen LogP contribution in [0.1, 0.15) is 53.5 Å². The fourth-order valence-electron chi connectivity index (χ4n) is 3.76. The summed E-state index contributed by atoms with van der Waals surface area (Å²) in [4.78, 5) is 12.6. The first kappa shape index (κ1) is 23.6. The van der Waals surface area contributed by atoms with Gasteiger partial charge in [0.25, 0.3) is 0 Å². The molecule has 33 heavy (non-hydrogen) atoms. The fourth-order valence-corrected chi connectivity index (χ4v) is 4.28. The minimum atomic E-state index is -4.64. The van der Waals surface area contributed by atoms with Crippen LogP contribution in [-0.4, -0.2) is 25.5 Å². The highest BCUT2D eigenvalue weighted by Crippen LogP contribution is 2.46. The number of alkyl halides is 3. The molecule has 0 unspecified atom stereocenters. The summed E-state index contributed by atoms with van der Waals surface area (Å²) in [6.07, 6.45) is -3.16. The molecule has 0 radical (unpaired) electrons. The Morgan fingerprint density at radius 1 is 1.12 bits per heavy atom. The first-order valence-electron chi connectivity index (χ1n) is 10.5. The van der Waals surface area contributed by atoms with E-state index in [1.54, 1.807) is 23.7 Å². The number of amides is 1. The molecule has 1 saturated carbocycles. The maximum Gasteiger partial charge on any atom is 0.436 e. The Bertz CT molecular complexity index is 1180. The van der Waals surface area contributed by atoms with Crippen molar-refractivity contribution in [3.63, 3.8) is 0 Å². The van der Waals surface area contributed by atoms with Crippen molar-refractivity contribution in [1.82, 2.24) is 19.6 Å². The Hall–Kier alpha value is -2.52. The first-order chi connectivity index (χ1) is 15.5. The van der Waals surface area contributed by atoms with Gasteiger partial charge in [0.05, 0.1) is 40.9 Å². The lowest BCUT2D eigenvalue weighted by molar-refractivity contribution is -0.141. The lowest BCUT2D eigenvalue weighted by Gasteiger charge is -2.09. The number of nitrogens with one attached hydrogen (secondary N) is 1. The molecule has 1 N–H and O–H groups in total. The summed E-state index contributed by atoms with van der Waals surface area (Å²) in [7, 11) is 0. The highest BCUT2D eigenvalue weighted by Gasteiger charge is 2.42. The molecule has 1 aliphatic rings. The summed E-state index contributed by atoms with van der Waals surface area (Å²) in [6.45, 7) is 4.15. The average Bonchev–Trinajstić information content (AvgIpc) is 3.47. The molecule has 2 heterocycles. The van der Waals surface area contributed by atoms with Crippen molar-refractivity contribution in [2.45, 2.75) is 58.3 Å². The van der Waals surface area contributed by atoms with Crippen LogP contribution >= 0.6 is 23.2 Å². The van der Waals surface area contributed by atoms with E-state index in [4.69, 9.17) is 23.2 Å². The third-order valence-electron chi connectivity index (χ3n) is 5.61. The highest BCUT2D eigenvalue weighted by atomic mass is 35.5. The second-order valence-corrected chi connectivity index (χ2v) is 8.99. The summed E-state index contributed by atoms with van der Waals surface area (Å²) in [6, 6.07) is 7.40. The maximum atomic E-state index is 13.2. The van der Waals surface area contributed by atoms with Gasteiger partial charge in [-0.2, -0.15) is 23.4 Å². The standard InChI is InChI=1S/C22H22Cl2F3N5O/c1-12-19(13(2)32(29-12)11-14-3-7-16(23)8-4-14)28-17(33)9-10-31-20(15-5-6-15)18(24)21(30-31)22(25,26)27/h3-4,7-8,15H,5-6,9-11H2,1-2H3,(H,28,33). The van der Waals surface area contributed by atoms with Crippen LogP contribution in [0, 0.1) is 13.8 Å². The molecule has 0 bridgehead atoms. The van der Waals surface area contributed by atoms with Crippen LogP contribution in [0.4, 0.5) is 18.9 Å². The van der Waals surface area contributed by atoms with Gasteiger partial charge in [0, 0.05) is 17.4 Å². The fraction of sp³-hybridized carbons (Fsp3) is 0.409. The van der Waals surface area contributed by atoms with E-state index in [0.717, 1.165) is 24.1 Å². The Morgan fingerprint density at radius 3 is 2.39 bits per heavy atom. The Kier molecular flexibility index (Phi) is 6.46. The van der Waals surface area contributed by atoms with Gasteiger partial charge in [-0.1, -0.05) is 35.3 Å². The van der Waals surface area contributed by atoms with E-state index in [1.165, 1.54) is 4.68 Å². The molecule has 0 atom stereocenters. The van der Waals surface area contributed by atoms with Crippen molar-refractivity contribution in [1.29, 1.82) is 0 Å². The van der Waals surface area contributed by atoms with E-state index in [0.29, 0.717) is 28.6 Å². The van der Waals surface area contributed by atoms with Gasteiger partial charge >= 0.3 is 6.18 Å². The summed E-state index contributed by atoms with van der Waals surface area (Å²) in [5.74, 6) is -0.381. The molecule has 176 valence electrons. The molecule has 1 amide bonds. The molecular weight excluding hydrogens is 478 g/mol. The van der Waals surface area contributed by atoms with Gasteiger partial charge in [-0.25, -0.2) is 0 Å². The molecule has 1 fully saturated rings. The molecule has 1 aliphatic carbocycles. The molecule has 2 aromatic heterocycles. The van der Waals surface area contributed by atoms with Crippen LogP contribution in [0.2, 0.25) is 10.0 Å². The van der Waals surface area contributed by atoms with Crippen molar-refractivity contribution in [3.8, 4) is 0 Å². The number of aromatic nitrogens is 4. The molecule has 6 nitrogen and oxygen atoms in total. The van der Waals surface area contributed by atoms with Crippen LogP contribution in [0.15, 0.2) is 24.3 Å². The number of carbonyl (C=O) groups excluding carboxylic acids is 1. The summed E-state index contributed by atoms with van der Waals surface area (Å²) >= 11 is 11.9. The molecule has 0 spiro atoms. The van der Waals surface area contributed by atoms with Gasteiger partial charge in [-0.15, -0.1) is 0 Å². The third-order valence-corrected chi connectivity index (χ3v) is 6.23. The minimum absolute atomic E-state index is 0.00444. The quantitative estimate of drug-likeness (QED) is 0.435. The molecule has 0 saturated heterocycles. The Labute approximate surface area is 198 Å². The predicted molar refractivity (Wildman–Crippen MR) is 120 cm³/mol. The molecule has 0 aliphatic heterocycles. The van der Waals surface area contributed by atoms with Gasteiger partial charge in [0.2, 0.25) is 5.91 Å². The zero-order valence-electron chi connectivity index (χ0n) is 18.0. The van der Waals surface area contributed by atoms with E-state index < -0.39 is 11.9 Å². The van der Waals surface area contributed by atoms with Gasteiger partial charge in [-0.05, 0) is 44.4 Å². The number of anilines is 1. The molecule has 1 aromatic carbocycles. The molecule has 11 heteroatoms. The smallest absolute Gasteiger partial charge is 0.323 e. The van der Waals surface area contributed by atoms with Crippen molar-refractivity contribution in [2.75, 3.05) is 5.32 Å². The van der Waals surface area contributed by atoms with Gasteiger partial charge in [0.1, 0.15) is 0 Å². The third kappa shape index (κ3) is 5.19. The zero-order valence-corrected chi connectivity index (χ0v) is 19.5. The number of carbonyl (C=O) groups is 1. The number of rotatable bonds is 7. The SMILES string of the molecule is Cc1nn(Cc2ccc(Cl)cc2)c(C)c1NC(=O)CCn1nc(C(F)(F)F)c(Cl)c1C1CC1. The normalized spacial score (nSPS) is 14.0. The van der Waals surface area contributed by atoms with E-state index in [-0.39, 0.29) is 29.8 Å². The minimum Gasteiger partial charge on any atom is -0.323 e. The lowest BCUT2D eigenvalue weighted by Crippen LogP contribution is -2.17. The number of hydrogen-bond acceptors (Lipinski definition) is 3. The lowest BCUT2D eigenvalue weighted by atomic mass is 10.2. The summed E-state index contributed by atoms with van der Waals surface area (Å²) in [5.41, 5.74) is 2.28. The predicted octanol–water partition coefficient (Wildman–Crippen LogP) is 5.98. The van der Waals surface area contributed by atoms with Crippen LogP contribution in [0.25, 0.3) is 0 Å². The van der Waals surface area contributed by atoms with Crippen LogP contribution in [0.3, 0.4) is 0 Å². The Balaban J connectivity index is 1.45. The molecular formula is C22H22Cl2F3N5O. The highest BCUT2D eigenvalue weighted by molar-refractivity contribution is 6.32. The van der Waals surface area contributed by atoms with Gasteiger partial charge in [-0.3, -0.25) is 14.2 Å². The number of hydrogen-bond donors (Lipinski definition) is 1. The second-order valence-electron chi connectivity index (χ2n) is 8.17. The van der Waals surface area contributed by atoms with Crippen LogP contribution in [0.5, 0.6) is 0 Å². The topological polar surface area (TPSA) is 64.7 Å². The molecule has 4 rings (SSSR count). The molecule has 3 aromatic rings. The van der Waals surface area contributed by atoms with Crippen LogP contribution in [-0.2, 0) is 24.1 Å². The average molecular weight is 500 g/mol. The van der Waals surface area contributed by atoms with Gasteiger partial charge in [0.15, 0.2) is 5.69 Å². The van der Waals surface area contributed by atoms with E-state index in [1.807, 2.05) is 19.1 Å². The van der Waals surface area contributed by atoms with Gasteiger partial charge < -0.3 is 5.32 Å². The zero-order chi connectivity index (χ0) is 23.9. The summed E-state index contributed by atoms with van der Waals surface area (Å²) < 4.78 is 42.7. The van der Waals surface area contributed by atoms with Crippen molar-refractivity contribution in [2.24, 2.45) is 0 Å². The first-order valence-corrected chi connectivity index (χ1v) is 11.2. The number of benzene rings is 1. The van der Waals surface area contributed by atoms with Crippen molar-refractivity contribution in [3.05, 3.63) is 62.6 Å². The van der Waals surface area contributed by atoms with E-state index in [9.17, 15) is 18.0 Å². The van der Waals surface area contributed by atoms with Crippen LogP contribution < -0.4 is 5.32 Å². The number of nitrogens with zero attached hydrogens (tertiary/aromatic N) is 4. The van der Waals surface area contributed by atoms with E-state index in [2.05, 4.69) is 15.5 Å². The number of aryl methyl sites for hydroxylation is 2. The van der Waals surface area contributed by atoms with Crippen molar-refractivity contribution < 1.29 is 18.0 Å². The number of halogens is 5. The maximum absolute atomic E-state index is 13.2. The monoisotopic (exact) mass is 499 g/mol. The Morgan fingerprint density at radius 2 is 1.79 bits per heavy atom. The summed E-state index contributed by atoms with van der Waals surface area (Å²) in [5, 5.41) is 11.3. The van der Waals surface area contributed by atoms with Crippen molar-refractivity contribution >= 4 is 34.8 Å². The largest absolute Gasteiger partial charge is 0.436 e. The van der Waals surface area contributed by atoms with E-state index >= 15 is 0 Å². The second kappa shape index (κ2) is 9.02.